The number of hydrogen-bond donors (Lipinski definition) is 2. The number of benzene rings is 1. The van der Waals surface area contributed by atoms with Crippen LogP contribution >= 0.6 is 0 Å². The Morgan fingerprint density at radius 1 is 1.42 bits per heavy atom. The lowest BCUT2D eigenvalue weighted by atomic mass is 9.68. The van der Waals surface area contributed by atoms with Crippen molar-refractivity contribution in [3.63, 3.8) is 0 Å². The molecule has 1 atom stereocenters. The second-order valence-electron chi connectivity index (χ2n) is 7.04. The summed E-state index contributed by atoms with van der Waals surface area (Å²) in [7, 11) is 1.95. The molecule has 1 aromatic heterocycles. The first-order valence-corrected chi connectivity index (χ1v) is 8.53. The maximum absolute atomic E-state index is 12.7. The zero-order chi connectivity index (χ0) is 16.9. The van der Waals surface area contributed by atoms with Crippen LogP contribution < -0.4 is 10.6 Å². The van der Waals surface area contributed by atoms with Crippen LogP contribution in [0.3, 0.4) is 0 Å². The van der Waals surface area contributed by atoms with Crippen molar-refractivity contribution in [2.75, 3.05) is 0 Å². The average Bonchev–Trinajstić information content (AvgIpc) is 2.82. The number of carbonyl (C=O) groups excluding carboxylic acids is 2. The zero-order valence-electron chi connectivity index (χ0n) is 14.1. The largest absolute Gasteiger partial charge is 0.349 e. The molecule has 1 saturated carbocycles. The number of nitrogens with zero attached hydrogens (tertiary/aromatic N) is 2. The first-order chi connectivity index (χ1) is 11.5. The Labute approximate surface area is 140 Å². The van der Waals surface area contributed by atoms with Gasteiger partial charge in [0, 0.05) is 19.0 Å². The van der Waals surface area contributed by atoms with Gasteiger partial charge in [0.15, 0.2) is 0 Å². The first kappa shape index (κ1) is 15.2. The van der Waals surface area contributed by atoms with Crippen LogP contribution in [-0.4, -0.2) is 32.9 Å². The van der Waals surface area contributed by atoms with Crippen LogP contribution in [0.5, 0.6) is 0 Å². The summed E-state index contributed by atoms with van der Waals surface area (Å²) in [5, 5.41) is 6.27. The van der Waals surface area contributed by atoms with Gasteiger partial charge in [-0.2, -0.15) is 0 Å². The Balaban J connectivity index is 1.57. The Bertz CT molecular complexity index is 835. The van der Waals surface area contributed by atoms with E-state index in [9.17, 15) is 9.59 Å². The van der Waals surface area contributed by atoms with Crippen molar-refractivity contribution in [2.45, 2.75) is 50.6 Å². The highest BCUT2D eigenvalue weighted by atomic mass is 16.2. The number of piperidine rings is 1. The minimum absolute atomic E-state index is 0.0143. The van der Waals surface area contributed by atoms with Gasteiger partial charge in [0.1, 0.15) is 5.82 Å². The summed E-state index contributed by atoms with van der Waals surface area (Å²) in [6.07, 6.45) is 4.19. The number of rotatable bonds is 2. The van der Waals surface area contributed by atoms with E-state index in [1.165, 1.54) is 0 Å². The molecule has 1 aliphatic heterocycles. The van der Waals surface area contributed by atoms with E-state index in [1.54, 1.807) is 0 Å². The van der Waals surface area contributed by atoms with E-state index in [2.05, 4.69) is 15.6 Å². The number of amides is 2. The van der Waals surface area contributed by atoms with Crippen molar-refractivity contribution in [3.8, 4) is 0 Å². The molecule has 0 bridgehead atoms. The number of imidazole rings is 1. The van der Waals surface area contributed by atoms with Crippen molar-refractivity contribution in [2.24, 2.45) is 7.05 Å². The topological polar surface area (TPSA) is 76.0 Å². The third-order valence-corrected chi connectivity index (χ3v) is 5.63. The second kappa shape index (κ2) is 5.33. The van der Waals surface area contributed by atoms with Gasteiger partial charge in [-0.1, -0.05) is 0 Å². The summed E-state index contributed by atoms with van der Waals surface area (Å²) in [6, 6.07) is 5.61. The highest BCUT2D eigenvalue weighted by Gasteiger charge is 2.48. The summed E-state index contributed by atoms with van der Waals surface area (Å²) < 4.78 is 1.99. The summed E-state index contributed by atoms with van der Waals surface area (Å²) in [6.45, 7) is 1.95. The molecule has 6 heteroatoms. The molecule has 1 aliphatic carbocycles. The molecule has 4 rings (SSSR count). The lowest BCUT2D eigenvalue weighted by molar-refractivity contribution is -0.127. The molecule has 1 aromatic carbocycles. The predicted molar refractivity (Wildman–Crippen MR) is 90.7 cm³/mol. The van der Waals surface area contributed by atoms with Gasteiger partial charge in [-0.25, -0.2) is 4.98 Å². The summed E-state index contributed by atoms with van der Waals surface area (Å²) in [4.78, 5) is 28.9. The van der Waals surface area contributed by atoms with Crippen molar-refractivity contribution < 1.29 is 9.59 Å². The van der Waals surface area contributed by atoms with Crippen LogP contribution in [-0.2, 0) is 11.8 Å². The van der Waals surface area contributed by atoms with E-state index in [0.717, 1.165) is 36.1 Å². The Kier molecular flexibility index (Phi) is 3.37. The fourth-order valence-corrected chi connectivity index (χ4v) is 3.91. The maximum atomic E-state index is 12.7. The van der Waals surface area contributed by atoms with E-state index >= 15 is 0 Å². The molecule has 0 unspecified atom stereocenters. The molecule has 1 saturated heterocycles. The SMILES string of the molecule is Cc1nc2ccc(C(=O)N[C@H]3CCC(=O)NC34CCC4)cc2n1C. The number of aromatic nitrogens is 2. The van der Waals surface area contributed by atoms with E-state index in [-0.39, 0.29) is 23.4 Å². The van der Waals surface area contributed by atoms with Crippen LogP contribution in [0.2, 0.25) is 0 Å². The summed E-state index contributed by atoms with van der Waals surface area (Å²) in [5.41, 5.74) is 2.26. The number of carbonyl (C=O) groups is 2. The molecule has 24 heavy (non-hydrogen) atoms. The Morgan fingerprint density at radius 3 is 2.92 bits per heavy atom. The van der Waals surface area contributed by atoms with E-state index in [0.29, 0.717) is 18.4 Å². The minimum Gasteiger partial charge on any atom is -0.349 e. The molecule has 1 spiro atoms. The lowest BCUT2D eigenvalue weighted by Gasteiger charge is -2.50. The molecule has 0 radical (unpaired) electrons. The number of aryl methyl sites for hydroxylation is 2. The van der Waals surface area contributed by atoms with Crippen molar-refractivity contribution in [3.05, 3.63) is 29.6 Å². The zero-order valence-corrected chi connectivity index (χ0v) is 14.1. The van der Waals surface area contributed by atoms with Gasteiger partial charge >= 0.3 is 0 Å². The fourth-order valence-electron chi connectivity index (χ4n) is 3.91. The average molecular weight is 326 g/mol. The van der Waals surface area contributed by atoms with Gasteiger partial charge in [-0.15, -0.1) is 0 Å². The minimum atomic E-state index is -0.224. The molecular formula is C18H22N4O2. The Hall–Kier alpha value is -2.37. The monoisotopic (exact) mass is 326 g/mol. The molecule has 6 nitrogen and oxygen atoms in total. The van der Waals surface area contributed by atoms with Crippen molar-refractivity contribution in [1.82, 2.24) is 20.2 Å². The third-order valence-electron chi connectivity index (χ3n) is 5.63. The number of hydrogen-bond acceptors (Lipinski definition) is 3. The van der Waals surface area contributed by atoms with Gasteiger partial charge < -0.3 is 15.2 Å². The van der Waals surface area contributed by atoms with Gasteiger partial charge in [-0.3, -0.25) is 9.59 Å². The molecule has 126 valence electrons. The van der Waals surface area contributed by atoms with Crippen LogP contribution in [0.4, 0.5) is 0 Å². The van der Waals surface area contributed by atoms with Crippen molar-refractivity contribution >= 4 is 22.8 Å². The van der Waals surface area contributed by atoms with Crippen LogP contribution in [0.15, 0.2) is 18.2 Å². The number of nitrogens with one attached hydrogen (secondary N) is 2. The van der Waals surface area contributed by atoms with E-state index in [4.69, 9.17) is 0 Å². The second-order valence-corrected chi connectivity index (χ2v) is 7.04. The highest BCUT2D eigenvalue weighted by Crippen LogP contribution is 2.39. The lowest BCUT2D eigenvalue weighted by Crippen LogP contribution is -2.68. The normalized spacial score (nSPS) is 22.2. The molecule has 2 fully saturated rings. The van der Waals surface area contributed by atoms with Crippen LogP contribution in [0.25, 0.3) is 11.0 Å². The summed E-state index contributed by atoms with van der Waals surface area (Å²) in [5.74, 6) is 0.945. The third kappa shape index (κ3) is 2.28. The van der Waals surface area contributed by atoms with Gasteiger partial charge in [0.25, 0.3) is 5.91 Å². The molecule has 2 N–H and O–H groups in total. The summed E-state index contributed by atoms with van der Waals surface area (Å²) >= 11 is 0. The Morgan fingerprint density at radius 2 is 2.21 bits per heavy atom. The van der Waals surface area contributed by atoms with E-state index in [1.807, 2.05) is 36.7 Å². The van der Waals surface area contributed by atoms with Gasteiger partial charge in [0.2, 0.25) is 5.91 Å². The molecular weight excluding hydrogens is 304 g/mol. The molecule has 2 aliphatic rings. The fraction of sp³-hybridized carbons (Fsp3) is 0.500. The number of fused-ring (bicyclic) bond motifs is 1. The van der Waals surface area contributed by atoms with Gasteiger partial charge in [0.05, 0.1) is 22.6 Å². The van der Waals surface area contributed by atoms with E-state index < -0.39 is 0 Å². The molecule has 2 aromatic rings. The van der Waals surface area contributed by atoms with Gasteiger partial charge in [-0.05, 0) is 50.8 Å². The van der Waals surface area contributed by atoms with Crippen LogP contribution in [0, 0.1) is 6.92 Å². The van der Waals surface area contributed by atoms with Crippen molar-refractivity contribution in [1.29, 1.82) is 0 Å². The predicted octanol–water partition coefficient (Wildman–Crippen LogP) is 1.81. The first-order valence-electron chi connectivity index (χ1n) is 8.53. The standard InChI is InChI=1S/C18H22N4O2/c1-11-19-13-5-4-12(10-14(13)22(11)2)17(24)20-15-6-7-16(23)21-18(15)8-3-9-18/h4-5,10,15H,3,6-9H2,1-2H3,(H,20,24)(H,21,23)/t15-/m0/s1. The maximum Gasteiger partial charge on any atom is 0.251 e. The van der Waals surface area contributed by atoms with Crippen LogP contribution in [0.1, 0.15) is 48.3 Å². The molecule has 2 heterocycles. The quantitative estimate of drug-likeness (QED) is 0.884. The molecule has 2 amide bonds. The highest BCUT2D eigenvalue weighted by molar-refractivity contribution is 5.98. The smallest absolute Gasteiger partial charge is 0.251 e.